The Morgan fingerprint density at radius 2 is 1.93 bits per heavy atom. The summed E-state index contributed by atoms with van der Waals surface area (Å²) < 4.78 is 0. The van der Waals surface area contributed by atoms with Gasteiger partial charge < -0.3 is 4.90 Å². The molecule has 0 rings (SSSR count). The molecule has 3 heteroatoms. The number of hydrogen-bond acceptors (Lipinski definition) is 2. The molecule has 0 aliphatic heterocycles. The normalized spacial score (nSPS) is 10.3. The van der Waals surface area contributed by atoms with Crippen molar-refractivity contribution in [3.05, 3.63) is 12.2 Å². The van der Waals surface area contributed by atoms with Gasteiger partial charge in [0.05, 0.1) is 0 Å². The van der Waals surface area contributed by atoms with Gasteiger partial charge in [-0.15, -0.1) is 0 Å². The number of amides is 1. The Labute approximate surface area is 87.2 Å². The Hall–Kier alpha value is -0.830. The number of hydrogen-bond donors (Lipinski definition) is 0. The largest absolute Gasteiger partial charge is 0.304 e. The van der Waals surface area contributed by atoms with E-state index in [4.69, 9.17) is 0 Å². The van der Waals surface area contributed by atoms with E-state index < -0.39 is 0 Å². The minimum Gasteiger partial charge on any atom is -0.304 e. The zero-order chi connectivity index (χ0) is 11.0. The first-order valence-electron chi connectivity index (χ1n) is 5.21. The van der Waals surface area contributed by atoms with Crippen molar-refractivity contribution in [2.24, 2.45) is 0 Å². The van der Waals surface area contributed by atoms with Crippen molar-refractivity contribution in [3.63, 3.8) is 0 Å². The highest BCUT2D eigenvalue weighted by molar-refractivity contribution is 5.91. The van der Waals surface area contributed by atoms with E-state index in [1.807, 2.05) is 0 Å². The molecule has 0 saturated heterocycles. The predicted octanol–water partition coefficient (Wildman–Crippen LogP) is 1.43. The molecule has 0 aromatic rings. The van der Waals surface area contributed by atoms with Crippen LogP contribution < -0.4 is 5.32 Å². The number of nitrogens with zero attached hydrogens (tertiary/aromatic N) is 2. The van der Waals surface area contributed by atoms with Crippen LogP contribution in [0.2, 0.25) is 0 Å². The first-order valence-corrected chi connectivity index (χ1v) is 5.21. The Morgan fingerprint density at radius 3 is 2.36 bits per heavy atom. The molecule has 1 radical (unpaired) electrons. The van der Waals surface area contributed by atoms with E-state index in [2.05, 4.69) is 30.6 Å². The molecule has 0 spiro atoms. The zero-order valence-electron chi connectivity index (χ0n) is 9.55. The predicted molar refractivity (Wildman–Crippen MR) is 59.2 cm³/mol. The molecule has 14 heavy (non-hydrogen) atoms. The fourth-order valence-electron chi connectivity index (χ4n) is 1.15. The van der Waals surface area contributed by atoms with Gasteiger partial charge in [0.2, 0.25) is 0 Å². The molecular formula is C11H21N2O. The van der Waals surface area contributed by atoms with E-state index >= 15 is 0 Å². The summed E-state index contributed by atoms with van der Waals surface area (Å²) in [6.07, 6.45) is 0.945. The minimum atomic E-state index is -0.162. The van der Waals surface area contributed by atoms with Crippen molar-refractivity contribution in [1.82, 2.24) is 10.2 Å². The van der Waals surface area contributed by atoms with Crippen LogP contribution in [0.1, 0.15) is 27.2 Å². The lowest BCUT2D eigenvalue weighted by Crippen LogP contribution is -2.27. The molecule has 81 valence electrons. The second kappa shape index (κ2) is 7.56. The van der Waals surface area contributed by atoms with Gasteiger partial charge in [-0.05, 0) is 33.0 Å². The Morgan fingerprint density at radius 1 is 1.36 bits per heavy atom. The number of carbonyl (C=O) groups is 1. The summed E-state index contributed by atoms with van der Waals surface area (Å²) in [5, 5.41) is 3.90. The van der Waals surface area contributed by atoms with Crippen molar-refractivity contribution in [1.29, 1.82) is 0 Å². The SMILES string of the molecule is C=C(C)C(=O)[N]CCCN(CC)CC. The molecule has 0 aromatic heterocycles. The molecule has 0 aliphatic carbocycles. The van der Waals surface area contributed by atoms with Crippen molar-refractivity contribution >= 4 is 5.91 Å². The maximum absolute atomic E-state index is 11.0. The smallest absolute Gasteiger partial charge is 0.267 e. The highest BCUT2D eigenvalue weighted by Gasteiger charge is 2.03. The quantitative estimate of drug-likeness (QED) is 0.457. The molecule has 0 unspecified atom stereocenters. The van der Waals surface area contributed by atoms with Crippen LogP contribution >= 0.6 is 0 Å². The van der Waals surface area contributed by atoms with Gasteiger partial charge in [0.1, 0.15) is 0 Å². The number of rotatable bonds is 7. The molecular weight excluding hydrogens is 176 g/mol. The molecule has 3 nitrogen and oxygen atoms in total. The van der Waals surface area contributed by atoms with Gasteiger partial charge in [-0.2, -0.15) is 0 Å². The Balaban J connectivity index is 3.46. The highest BCUT2D eigenvalue weighted by Crippen LogP contribution is 1.92. The monoisotopic (exact) mass is 197 g/mol. The van der Waals surface area contributed by atoms with Gasteiger partial charge in [-0.3, -0.25) is 4.79 Å². The number of carbonyl (C=O) groups excluding carboxylic acids is 1. The molecule has 0 fully saturated rings. The second-order valence-corrected chi connectivity index (χ2v) is 3.35. The van der Waals surface area contributed by atoms with E-state index in [0.717, 1.165) is 26.1 Å². The van der Waals surface area contributed by atoms with Crippen LogP contribution in [0, 0.1) is 0 Å². The molecule has 0 aliphatic rings. The fraction of sp³-hybridized carbons (Fsp3) is 0.727. The maximum atomic E-state index is 11.0. The van der Waals surface area contributed by atoms with E-state index in [1.165, 1.54) is 0 Å². The molecule has 0 aromatic carbocycles. The summed E-state index contributed by atoms with van der Waals surface area (Å²) in [5.74, 6) is -0.162. The van der Waals surface area contributed by atoms with Gasteiger partial charge in [0.15, 0.2) is 0 Å². The fourth-order valence-corrected chi connectivity index (χ4v) is 1.15. The van der Waals surface area contributed by atoms with Crippen LogP contribution in [0.4, 0.5) is 0 Å². The summed E-state index contributed by atoms with van der Waals surface area (Å²) in [7, 11) is 0. The average Bonchev–Trinajstić information content (AvgIpc) is 2.17. The maximum Gasteiger partial charge on any atom is 0.267 e. The van der Waals surface area contributed by atoms with Gasteiger partial charge in [0, 0.05) is 12.1 Å². The lowest BCUT2D eigenvalue weighted by molar-refractivity contribution is -0.117. The molecule has 0 heterocycles. The third kappa shape index (κ3) is 5.75. The summed E-state index contributed by atoms with van der Waals surface area (Å²) in [4.78, 5) is 13.4. The van der Waals surface area contributed by atoms with Crippen molar-refractivity contribution in [2.45, 2.75) is 27.2 Å². The zero-order valence-corrected chi connectivity index (χ0v) is 9.55. The van der Waals surface area contributed by atoms with E-state index in [-0.39, 0.29) is 5.91 Å². The van der Waals surface area contributed by atoms with E-state index in [0.29, 0.717) is 12.1 Å². The Bertz CT molecular complexity index is 186. The van der Waals surface area contributed by atoms with Crippen LogP contribution in [0.15, 0.2) is 12.2 Å². The van der Waals surface area contributed by atoms with Gasteiger partial charge in [-0.1, -0.05) is 20.4 Å². The topological polar surface area (TPSA) is 34.4 Å². The standard InChI is InChI=1S/C11H21N2O/c1-5-13(6-2)9-7-8-12-11(14)10(3)4/h3,5-9H2,1-2,4H3. The first kappa shape index (κ1) is 13.2. The first-order chi connectivity index (χ1) is 6.61. The molecule has 0 atom stereocenters. The van der Waals surface area contributed by atoms with Crippen LogP contribution in [0.3, 0.4) is 0 Å². The molecule has 0 N–H and O–H groups in total. The minimum absolute atomic E-state index is 0.162. The van der Waals surface area contributed by atoms with Crippen LogP contribution in [-0.2, 0) is 4.79 Å². The second-order valence-electron chi connectivity index (χ2n) is 3.35. The third-order valence-corrected chi connectivity index (χ3v) is 2.15. The lowest BCUT2D eigenvalue weighted by atomic mass is 10.3. The Kier molecular flexibility index (Phi) is 7.11. The molecule has 0 bridgehead atoms. The third-order valence-electron chi connectivity index (χ3n) is 2.15. The summed E-state index contributed by atoms with van der Waals surface area (Å²) in [5.41, 5.74) is 0.521. The molecule has 0 saturated carbocycles. The van der Waals surface area contributed by atoms with Gasteiger partial charge in [-0.25, -0.2) is 5.32 Å². The van der Waals surface area contributed by atoms with Gasteiger partial charge in [0.25, 0.3) is 5.91 Å². The summed E-state index contributed by atoms with van der Waals surface area (Å²) in [6.45, 7) is 13.3. The summed E-state index contributed by atoms with van der Waals surface area (Å²) in [6, 6.07) is 0. The average molecular weight is 197 g/mol. The van der Waals surface area contributed by atoms with E-state index in [9.17, 15) is 4.79 Å². The van der Waals surface area contributed by atoms with Crippen molar-refractivity contribution in [3.8, 4) is 0 Å². The van der Waals surface area contributed by atoms with E-state index in [1.54, 1.807) is 6.92 Å². The van der Waals surface area contributed by atoms with Crippen LogP contribution in [0.5, 0.6) is 0 Å². The lowest BCUT2D eigenvalue weighted by Gasteiger charge is -2.17. The van der Waals surface area contributed by atoms with Gasteiger partial charge >= 0.3 is 0 Å². The molecule has 1 amide bonds. The van der Waals surface area contributed by atoms with Crippen LogP contribution in [0.25, 0.3) is 0 Å². The van der Waals surface area contributed by atoms with Crippen molar-refractivity contribution in [2.75, 3.05) is 26.2 Å². The highest BCUT2D eigenvalue weighted by atomic mass is 16.1. The van der Waals surface area contributed by atoms with Crippen molar-refractivity contribution < 1.29 is 4.79 Å². The van der Waals surface area contributed by atoms with Crippen LogP contribution in [-0.4, -0.2) is 37.0 Å². The summed E-state index contributed by atoms with van der Waals surface area (Å²) >= 11 is 0.